The number of aromatic nitrogens is 3. The lowest BCUT2D eigenvalue weighted by Crippen LogP contribution is -2.22. The van der Waals surface area contributed by atoms with Crippen LogP contribution in [0.3, 0.4) is 0 Å². The van der Waals surface area contributed by atoms with Gasteiger partial charge in [0, 0.05) is 23.2 Å². The molecule has 0 aliphatic rings. The first kappa shape index (κ1) is 18.7. The van der Waals surface area contributed by atoms with Gasteiger partial charge in [-0.05, 0) is 25.0 Å². The summed E-state index contributed by atoms with van der Waals surface area (Å²) in [4.78, 5) is 19.9. The Morgan fingerprint density at radius 1 is 1.29 bits per heavy atom. The Balaban J connectivity index is 1.82. The second-order valence-corrected chi connectivity index (χ2v) is 8.36. The van der Waals surface area contributed by atoms with Crippen molar-refractivity contribution in [2.24, 2.45) is 0 Å². The highest BCUT2D eigenvalue weighted by molar-refractivity contribution is 7.98. The van der Waals surface area contributed by atoms with Crippen LogP contribution in [-0.4, -0.2) is 14.7 Å². The van der Waals surface area contributed by atoms with Crippen LogP contribution in [0.15, 0.2) is 63.5 Å². The van der Waals surface area contributed by atoms with Crippen molar-refractivity contribution in [2.75, 3.05) is 0 Å². The summed E-state index contributed by atoms with van der Waals surface area (Å²) in [6.07, 6.45) is 1.72. The van der Waals surface area contributed by atoms with Crippen molar-refractivity contribution in [2.45, 2.75) is 31.3 Å². The van der Waals surface area contributed by atoms with E-state index in [4.69, 9.17) is 9.51 Å². The van der Waals surface area contributed by atoms with E-state index in [-0.39, 0.29) is 5.56 Å². The number of fused-ring (bicyclic) bond motifs is 1. The minimum atomic E-state index is -0.0281. The SMILES string of the molecule is C=CCn1c(SCc2cc(C)on2)nc2sc(-c3ccccc3)c(C)c2c1=O. The van der Waals surface area contributed by atoms with Gasteiger partial charge in [-0.25, -0.2) is 4.98 Å². The molecule has 7 heteroatoms. The van der Waals surface area contributed by atoms with Gasteiger partial charge in [0.1, 0.15) is 10.6 Å². The highest BCUT2D eigenvalue weighted by Crippen LogP contribution is 2.36. The van der Waals surface area contributed by atoms with Crippen LogP contribution in [0.25, 0.3) is 20.7 Å². The van der Waals surface area contributed by atoms with Crippen LogP contribution in [0.2, 0.25) is 0 Å². The molecule has 3 heterocycles. The molecule has 1 aromatic carbocycles. The first-order valence-corrected chi connectivity index (χ1v) is 10.6. The first-order chi connectivity index (χ1) is 13.6. The van der Waals surface area contributed by atoms with E-state index in [1.807, 2.05) is 38.1 Å². The average Bonchev–Trinajstić information content (AvgIpc) is 3.26. The van der Waals surface area contributed by atoms with Crippen LogP contribution in [0.1, 0.15) is 17.0 Å². The van der Waals surface area contributed by atoms with E-state index in [0.717, 1.165) is 32.3 Å². The van der Waals surface area contributed by atoms with Crippen molar-refractivity contribution in [3.05, 3.63) is 76.4 Å². The molecule has 0 amide bonds. The smallest absolute Gasteiger partial charge is 0.263 e. The number of thioether (sulfide) groups is 1. The van der Waals surface area contributed by atoms with Crippen molar-refractivity contribution >= 4 is 33.3 Å². The van der Waals surface area contributed by atoms with E-state index < -0.39 is 0 Å². The number of aryl methyl sites for hydroxylation is 2. The van der Waals surface area contributed by atoms with Crippen LogP contribution >= 0.6 is 23.1 Å². The van der Waals surface area contributed by atoms with Gasteiger partial charge in [-0.15, -0.1) is 17.9 Å². The fourth-order valence-corrected chi connectivity index (χ4v) is 5.20. The topological polar surface area (TPSA) is 60.9 Å². The molecule has 0 spiro atoms. The summed E-state index contributed by atoms with van der Waals surface area (Å²) in [6.45, 7) is 8.06. The molecule has 0 radical (unpaired) electrons. The fourth-order valence-electron chi connectivity index (χ4n) is 3.09. The third-order valence-corrected chi connectivity index (χ3v) is 6.63. The lowest BCUT2D eigenvalue weighted by atomic mass is 10.1. The molecule has 0 fully saturated rings. The summed E-state index contributed by atoms with van der Waals surface area (Å²) in [5.74, 6) is 1.35. The molecule has 0 N–H and O–H groups in total. The molecule has 0 atom stereocenters. The van der Waals surface area contributed by atoms with Crippen LogP contribution in [0.4, 0.5) is 0 Å². The number of benzene rings is 1. The van der Waals surface area contributed by atoms with E-state index in [9.17, 15) is 4.79 Å². The zero-order chi connectivity index (χ0) is 19.7. The minimum absolute atomic E-state index is 0.0281. The second-order valence-electron chi connectivity index (χ2n) is 6.42. The van der Waals surface area contributed by atoms with Gasteiger partial charge >= 0.3 is 0 Å². The van der Waals surface area contributed by atoms with Gasteiger partial charge in [-0.3, -0.25) is 9.36 Å². The third-order valence-electron chi connectivity index (χ3n) is 4.39. The summed E-state index contributed by atoms with van der Waals surface area (Å²) in [6, 6.07) is 12.0. The van der Waals surface area contributed by atoms with E-state index >= 15 is 0 Å². The normalized spacial score (nSPS) is 11.2. The number of nitrogens with zero attached hydrogens (tertiary/aromatic N) is 3. The van der Waals surface area contributed by atoms with Gasteiger partial charge in [0.25, 0.3) is 5.56 Å². The lowest BCUT2D eigenvalue weighted by Gasteiger charge is -2.09. The van der Waals surface area contributed by atoms with Gasteiger partial charge in [-0.2, -0.15) is 0 Å². The molecule has 0 saturated heterocycles. The monoisotopic (exact) mass is 409 g/mol. The quantitative estimate of drug-likeness (QED) is 0.249. The molecule has 4 rings (SSSR count). The molecular formula is C21H19N3O2S2. The number of hydrogen-bond acceptors (Lipinski definition) is 6. The van der Waals surface area contributed by atoms with Crippen LogP contribution in [0.5, 0.6) is 0 Å². The van der Waals surface area contributed by atoms with Gasteiger partial charge in [0.05, 0.1) is 11.1 Å². The number of rotatable bonds is 6. The predicted octanol–water partition coefficient (Wildman–Crippen LogP) is 5.21. The Kier molecular flexibility index (Phi) is 5.19. The van der Waals surface area contributed by atoms with Gasteiger partial charge in [0.2, 0.25) is 0 Å². The fraction of sp³-hybridized carbons (Fsp3) is 0.190. The number of allylic oxidation sites excluding steroid dienone is 1. The minimum Gasteiger partial charge on any atom is -0.361 e. The Hall–Kier alpha value is -2.64. The maximum absolute atomic E-state index is 13.3. The van der Waals surface area contributed by atoms with Crippen molar-refractivity contribution < 1.29 is 4.52 Å². The van der Waals surface area contributed by atoms with Crippen LogP contribution in [0, 0.1) is 13.8 Å². The Morgan fingerprint density at radius 3 is 2.75 bits per heavy atom. The highest BCUT2D eigenvalue weighted by Gasteiger charge is 2.19. The van der Waals surface area contributed by atoms with Crippen LogP contribution < -0.4 is 5.56 Å². The molecule has 3 aromatic heterocycles. The zero-order valence-corrected chi connectivity index (χ0v) is 17.3. The third kappa shape index (κ3) is 3.43. The van der Waals surface area contributed by atoms with Gasteiger partial charge < -0.3 is 4.52 Å². The second kappa shape index (κ2) is 7.77. The largest absolute Gasteiger partial charge is 0.361 e. The van der Waals surface area contributed by atoms with Crippen molar-refractivity contribution in [3.63, 3.8) is 0 Å². The molecule has 142 valence electrons. The molecule has 0 unspecified atom stereocenters. The van der Waals surface area contributed by atoms with Crippen molar-refractivity contribution in [1.29, 1.82) is 0 Å². The Labute approximate surface area is 170 Å². The summed E-state index contributed by atoms with van der Waals surface area (Å²) < 4.78 is 6.81. The Bertz CT molecular complexity index is 1210. The molecule has 0 aliphatic carbocycles. The summed E-state index contributed by atoms with van der Waals surface area (Å²) in [5.41, 5.74) is 2.88. The average molecular weight is 410 g/mol. The van der Waals surface area contributed by atoms with Crippen molar-refractivity contribution in [1.82, 2.24) is 14.7 Å². The summed E-state index contributed by atoms with van der Waals surface area (Å²) in [5, 5.41) is 5.37. The molecule has 0 aliphatic heterocycles. The molecular weight excluding hydrogens is 390 g/mol. The zero-order valence-electron chi connectivity index (χ0n) is 15.6. The predicted molar refractivity (Wildman–Crippen MR) is 115 cm³/mol. The maximum Gasteiger partial charge on any atom is 0.263 e. The van der Waals surface area contributed by atoms with E-state index in [1.54, 1.807) is 22.0 Å². The van der Waals surface area contributed by atoms with E-state index in [2.05, 4.69) is 23.9 Å². The van der Waals surface area contributed by atoms with E-state index in [0.29, 0.717) is 22.8 Å². The highest BCUT2D eigenvalue weighted by atomic mass is 32.2. The standard InChI is InChI=1S/C21H19N3O2S2/c1-4-10-24-20(25)17-14(3)18(15-8-6-5-7-9-15)28-19(17)22-21(24)27-12-16-11-13(2)26-23-16/h4-9,11H,1,10,12H2,2-3H3. The molecule has 0 saturated carbocycles. The Morgan fingerprint density at radius 2 is 2.07 bits per heavy atom. The number of hydrogen-bond donors (Lipinski definition) is 0. The van der Waals surface area contributed by atoms with Gasteiger partial charge in [-0.1, -0.05) is 53.3 Å². The number of thiophene rings is 1. The van der Waals surface area contributed by atoms with Crippen molar-refractivity contribution in [3.8, 4) is 10.4 Å². The molecule has 28 heavy (non-hydrogen) atoms. The van der Waals surface area contributed by atoms with Gasteiger partial charge in [0.15, 0.2) is 5.16 Å². The molecule has 5 nitrogen and oxygen atoms in total. The molecule has 0 bridgehead atoms. The first-order valence-electron chi connectivity index (χ1n) is 8.83. The van der Waals surface area contributed by atoms with E-state index in [1.165, 1.54) is 11.8 Å². The lowest BCUT2D eigenvalue weighted by molar-refractivity contribution is 0.393. The molecule has 4 aromatic rings. The maximum atomic E-state index is 13.3. The van der Waals surface area contributed by atoms with Crippen LogP contribution in [-0.2, 0) is 12.3 Å². The summed E-state index contributed by atoms with van der Waals surface area (Å²) >= 11 is 3.04. The summed E-state index contributed by atoms with van der Waals surface area (Å²) in [7, 11) is 0.